The largest absolute Gasteiger partial charge is 0.472 e. The van der Waals surface area contributed by atoms with Crippen LogP contribution in [-0.4, -0.2) is 4.98 Å². The molecule has 0 spiro atoms. The van der Waals surface area contributed by atoms with Crippen LogP contribution in [0.15, 0.2) is 33.7 Å². The van der Waals surface area contributed by atoms with E-state index >= 15 is 0 Å². The van der Waals surface area contributed by atoms with E-state index in [0.717, 1.165) is 11.3 Å². The second-order valence-corrected chi connectivity index (χ2v) is 2.83. The number of nitrogens with zero attached hydrogens (tertiary/aromatic N) is 1. The maximum absolute atomic E-state index is 5.89. The first kappa shape index (κ1) is 8.07. The molecule has 2 heterocycles. The van der Waals surface area contributed by atoms with E-state index in [-0.39, 0.29) is 6.04 Å². The molecule has 2 aromatic rings. The third-order valence-electron chi connectivity index (χ3n) is 1.86. The summed E-state index contributed by atoms with van der Waals surface area (Å²) in [6.45, 7) is 1.78. The summed E-state index contributed by atoms with van der Waals surface area (Å²) < 4.78 is 9.99. The van der Waals surface area contributed by atoms with E-state index < -0.39 is 0 Å². The van der Waals surface area contributed by atoms with E-state index in [2.05, 4.69) is 4.98 Å². The fourth-order valence-corrected chi connectivity index (χ4v) is 1.15. The van der Waals surface area contributed by atoms with Crippen molar-refractivity contribution in [2.75, 3.05) is 0 Å². The van der Waals surface area contributed by atoms with Crippen LogP contribution < -0.4 is 5.73 Å². The number of furan rings is 1. The number of oxazole rings is 1. The minimum absolute atomic E-state index is 0.267. The van der Waals surface area contributed by atoms with Crippen molar-refractivity contribution in [2.24, 2.45) is 5.73 Å². The Balaban J connectivity index is 2.28. The van der Waals surface area contributed by atoms with E-state index in [0.29, 0.717) is 5.89 Å². The van der Waals surface area contributed by atoms with Crippen molar-refractivity contribution in [1.29, 1.82) is 0 Å². The maximum Gasteiger partial charge on any atom is 0.191 e. The highest BCUT2D eigenvalue weighted by atomic mass is 16.3. The predicted octanol–water partition coefficient (Wildman–Crippen LogP) is 1.62. The first-order valence-corrected chi connectivity index (χ1v) is 3.97. The zero-order chi connectivity index (χ0) is 9.26. The quantitative estimate of drug-likeness (QED) is 0.758. The highest BCUT2D eigenvalue weighted by molar-refractivity contribution is 5.21. The summed E-state index contributed by atoms with van der Waals surface area (Å²) in [6.07, 6.45) is 4.75. The lowest BCUT2D eigenvalue weighted by Crippen LogP contribution is -2.11. The van der Waals surface area contributed by atoms with E-state index in [1.54, 1.807) is 25.7 Å². The smallest absolute Gasteiger partial charge is 0.191 e. The Bertz CT molecular complexity index is 378. The fraction of sp³-hybridized carbons (Fsp3) is 0.222. The molecule has 0 amide bonds. The Morgan fingerprint density at radius 1 is 1.46 bits per heavy atom. The van der Waals surface area contributed by atoms with E-state index in [9.17, 15) is 0 Å². The standard InChI is InChI=1S/C9H10N2O2/c1-6-11-8(5-13-6)9(10)7-2-3-12-4-7/h2-5,9H,10H2,1H3. The second kappa shape index (κ2) is 3.06. The summed E-state index contributed by atoms with van der Waals surface area (Å²) >= 11 is 0. The van der Waals surface area contributed by atoms with Gasteiger partial charge in [0.1, 0.15) is 12.0 Å². The summed E-state index contributed by atoms with van der Waals surface area (Å²) in [4.78, 5) is 4.13. The lowest BCUT2D eigenvalue weighted by molar-refractivity contribution is 0.520. The van der Waals surface area contributed by atoms with Crippen molar-refractivity contribution in [2.45, 2.75) is 13.0 Å². The average molecular weight is 178 g/mol. The van der Waals surface area contributed by atoms with Crippen molar-refractivity contribution < 1.29 is 8.83 Å². The van der Waals surface area contributed by atoms with Gasteiger partial charge < -0.3 is 14.6 Å². The Morgan fingerprint density at radius 3 is 2.85 bits per heavy atom. The Hall–Kier alpha value is -1.55. The number of hydrogen-bond donors (Lipinski definition) is 1. The molecule has 0 aromatic carbocycles. The highest BCUT2D eigenvalue weighted by Gasteiger charge is 2.13. The van der Waals surface area contributed by atoms with Crippen molar-refractivity contribution in [1.82, 2.24) is 4.98 Å². The van der Waals surface area contributed by atoms with Crippen molar-refractivity contribution in [3.8, 4) is 0 Å². The number of rotatable bonds is 2. The first-order valence-electron chi connectivity index (χ1n) is 3.97. The molecule has 2 aromatic heterocycles. The topological polar surface area (TPSA) is 65.2 Å². The molecule has 0 aliphatic carbocycles. The average Bonchev–Trinajstić information content (AvgIpc) is 2.72. The van der Waals surface area contributed by atoms with Gasteiger partial charge in [-0.15, -0.1) is 0 Å². The number of aromatic nitrogens is 1. The molecule has 0 aliphatic rings. The van der Waals surface area contributed by atoms with Gasteiger partial charge in [0.2, 0.25) is 0 Å². The Kier molecular flexibility index (Phi) is 1.90. The van der Waals surface area contributed by atoms with Crippen LogP contribution in [0.4, 0.5) is 0 Å². The van der Waals surface area contributed by atoms with Crippen LogP contribution in [0.5, 0.6) is 0 Å². The first-order chi connectivity index (χ1) is 6.27. The molecule has 2 N–H and O–H groups in total. The number of hydrogen-bond acceptors (Lipinski definition) is 4. The molecule has 13 heavy (non-hydrogen) atoms. The van der Waals surface area contributed by atoms with Gasteiger partial charge in [-0.3, -0.25) is 0 Å². The molecular formula is C9H10N2O2. The summed E-state index contributed by atoms with van der Waals surface area (Å²) in [7, 11) is 0. The van der Waals surface area contributed by atoms with Crippen LogP contribution in [-0.2, 0) is 0 Å². The summed E-state index contributed by atoms with van der Waals surface area (Å²) in [5.74, 6) is 0.619. The zero-order valence-corrected chi connectivity index (χ0v) is 7.23. The normalized spacial score (nSPS) is 13.1. The lowest BCUT2D eigenvalue weighted by Gasteiger charge is -2.02. The molecule has 0 bridgehead atoms. The van der Waals surface area contributed by atoms with E-state index in [1.165, 1.54) is 0 Å². The molecule has 1 atom stereocenters. The van der Waals surface area contributed by atoms with Gasteiger partial charge >= 0.3 is 0 Å². The third kappa shape index (κ3) is 1.48. The van der Waals surface area contributed by atoms with Crippen molar-refractivity contribution in [3.63, 3.8) is 0 Å². The van der Waals surface area contributed by atoms with Gasteiger partial charge in [-0.05, 0) is 6.07 Å². The number of aryl methyl sites for hydroxylation is 1. The minimum Gasteiger partial charge on any atom is -0.472 e. The van der Waals surface area contributed by atoms with Crippen LogP contribution in [0.3, 0.4) is 0 Å². The van der Waals surface area contributed by atoms with Gasteiger partial charge in [0, 0.05) is 12.5 Å². The third-order valence-corrected chi connectivity index (χ3v) is 1.86. The van der Waals surface area contributed by atoms with Crippen molar-refractivity contribution >= 4 is 0 Å². The summed E-state index contributed by atoms with van der Waals surface area (Å²) in [6, 6.07) is 1.55. The molecule has 0 saturated carbocycles. The lowest BCUT2D eigenvalue weighted by atomic mass is 10.1. The molecule has 0 saturated heterocycles. The summed E-state index contributed by atoms with van der Waals surface area (Å²) in [5.41, 5.74) is 7.51. The van der Waals surface area contributed by atoms with Crippen LogP contribution in [0, 0.1) is 6.92 Å². The number of nitrogens with two attached hydrogens (primary N) is 1. The van der Waals surface area contributed by atoms with E-state index in [4.69, 9.17) is 14.6 Å². The monoisotopic (exact) mass is 178 g/mol. The zero-order valence-electron chi connectivity index (χ0n) is 7.23. The maximum atomic E-state index is 5.89. The molecule has 4 nitrogen and oxygen atoms in total. The van der Waals surface area contributed by atoms with Gasteiger partial charge in [-0.25, -0.2) is 4.98 Å². The Labute approximate surface area is 75.4 Å². The minimum atomic E-state index is -0.267. The van der Waals surface area contributed by atoms with Crippen LogP contribution in [0.2, 0.25) is 0 Å². The van der Waals surface area contributed by atoms with Gasteiger partial charge in [0.05, 0.1) is 18.6 Å². The van der Waals surface area contributed by atoms with Gasteiger partial charge in [-0.2, -0.15) is 0 Å². The SMILES string of the molecule is Cc1nc(C(N)c2ccoc2)co1. The van der Waals surface area contributed by atoms with Gasteiger partial charge in [0.15, 0.2) is 5.89 Å². The molecule has 2 rings (SSSR count). The fourth-order valence-electron chi connectivity index (χ4n) is 1.15. The van der Waals surface area contributed by atoms with Gasteiger partial charge in [-0.1, -0.05) is 0 Å². The van der Waals surface area contributed by atoms with Crippen LogP contribution >= 0.6 is 0 Å². The molecule has 68 valence electrons. The van der Waals surface area contributed by atoms with Crippen molar-refractivity contribution in [3.05, 3.63) is 42.0 Å². The molecule has 0 radical (unpaired) electrons. The molecule has 1 unspecified atom stereocenters. The molecule has 0 aliphatic heterocycles. The van der Waals surface area contributed by atoms with E-state index in [1.807, 2.05) is 6.07 Å². The Morgan fingerprint density at radius 2 is 2.31 bits per heavy atom. The molecule has 4 heteroatoms. The molecule has 0 fully saturated rings. The molecular weight excluding hydrogens is 168 g/mol. The van der Waals surface area contributed by atoms with Crippen LogP contribution in [0.1, 0.15) is 23.2 Å². The highest BCUT2D eigenvalue weighted by Crippen LogP contribution is 2.18. The summed E-state index contributed by atoms with van der Waals surface area (Å²) in [5, 5.41) is 0. The van der Waals surface area contributed by atoms with Gasteiger partial charge in [0.25, 0.3) is 0 Å². The second-order valence-electron chi connectivity index (χ2n) is 2.83. The van der Waals surface area contributed by atoms with Crippen LogP contribution in [0.25, 0.3) is 0 Å². The predicted molar refractivity (Wildman–Crippen MR) is 46.0 cm³/mol.